The molecule has 1 atom stereocenters. The van der Waals surface area contributed by atoms with Crippen molar-refractivity contribution >= 4 is 27.9 Å². The molecule has 0 heterocycles. The zero-order chi connectivity index (χ0) is 17.7. The summed E-state index contributed by atoms with van der Waals surface area (Å²) in [6.07, 6.45) is 3.44. The molecule has 0 bridgehead atoms. The van der Waals surface area contributed by atoms with Gasteiger partial charge in [0, 0.05) is 10.0 Å². The van der Waals surface area contributed by atoms with Gasteiger partial charge in [-0.1, -0.05) is 34.5 Å². The molecular weight excluding hydrogens is 370 g/mol. The number of urea groups is 1. The van der Waals surface area contributed by atoms with E-state index in [1.807, 2.05) is 45.0 Å². The molecule has 0 aliphatic heterocycles. The summed E-state index contributed by atoms with van der Waals surface area (Å²) in [7, 11) is 0. The van der Waals surface area contributed by atoms with Gasteiger partial charge in [-0.3, -0.25) is 4.79 Å². The summed E-state index contributed by atoms with van der Waals surface area (Å²) in [5.74, 6) is 0.266. The van der Waals surface area contributed by atoms with Gasteiger partial charge in [-0.15, -0.1) is 0 Å². The van der Waals surface area contributed by atoms with Crippen LogP contribution >= 0.6 is 15.9 Å². The lowest BCUT2D eigenvalue weighted by Gasteiger charge is -2.34. The molecule has 1 saturated carbocycles. The highest BCUT2D eigenvalue weighted by atomic mass is 79.9. The van der Waals surface area contributed by atoms with Crippen LogP contribution in [0.5, 0.6) is 0 Å². The van der Waals surface area contributed by atoms with E-state index in [4.69, 9.17) is 0 Å². The highest BCUT2D eigenvalue weighted by molar-refractivity contribution is 9.10. The third-order valence-electron chi connectivity index (χ3n) is 4.06. The predicted octanol–water partition coefficient (Wildman–Crippen LogP) is 3.50. The van der Waals surface area contributed by atoms with Crippen molar-refractivity contribution in [2.24, 2.45) is 5.92 Å². The second-order valence-electron chi connectivity index (χ2n) is 7.35. The molecule has 1 aromatic carbocycles. The summed E-state index contributed by atoms with van der Waals surface area (Å²) in [4.78, 5) is 24.0. The number of nitrogens with one attached hydrogen (secondary N) is 3. The second-order valence-corrected chi connectivity index (χ2v) is 8.26. The second kappa shape index (κ2) is 8.01. The van der Waals surface area contributed by atoms with Crippen molar-refractivity contribution in [2.45, 2.75) is 51.6 Å². The topological polar surface area (TPSA) is 70.2 Å². The van der Waals surface area contributed by atoms with Crippen LogP contribution in [0, 0.1) is 5.92 Å². The molecule has 3 amide bonds. The zero-order valence-corrected chi connectivity index (χ0v) is 16.1. The molecule has 1 aliphatic rings. The van der Waals surface area contributed by atoms with E-state index in [1.54, 1.807) is 0 Å². The van der Waals surface area contributed by atoms with Crippen molar-refractivity contribution in [2.75, 3.05) is 6.54 Å². The van der Waals surface area contributed by atoms with Gasteiger partial charge in [0.1, 0.15) is 0 Å². The van der Waals surface area contributed by atoms with E-state index in [0.29, 0.717) is 5.92 Å². The van der Waals surface area contributed by atoms with Crippen molar-refractivity contribution in [1.29, 1.82) is 0 Å². The third-order valence-corrected chi connectivity index (χ3v) is 4.59. The molecule has 1 unspecified atom stereocenters. The lowest BCUT2D eigenvalue weighted by molar-refractivity contribution is -0.121. The van der Waals surface area contributed by atoms with Gasteiger partial charge in [0.25, 0.3) is 0 Å². The fourth-order valence-corrected chi connectivity index (χ4v) is 3.00. The van der Waals surface area contributed by atoms with Crippen LogP contribution in [0.25, 0.3) is 0 Å². The molecule has 2 rings (SSSR count). The molecule has 1 fully saturated rings. The van der Waals surface area contributed by atoms with Crippen LogP contribution in [-0.2, 0) is 4.79 Å². The van der Waals surface area contributed by atoms with E-state index < -0.39 is 0 Å². The predicted molar refractivity (Wildman–Crippen MR) is 98.7 cm³/mol. The number of benzene rings is 1. The van der Waals surface area contributed by atoms with Crippen LogP contribution in [0.2, 0.25) is 0 Å². The lowest BCUT2D eigenvalue weighted by Crippen LogP contribution is -2.48. The standard InChI is InChI=1S/C18H26BrN3O2/c1-18(2,3)22-15(23)11-20-17(24)21-16(12-5-4-6-12)13-7-9-14(19)10-8-13/h7-10,12,16H,4-6,11H2,1-3H3,(H,22,23)(H2,20,21,24). The minimum absolute atomic E-state index is 0.0162. The van der Waals surface area contributed by atoms with Gasteiger partial charge in [-0.05, 0) is 57.2 Å². The van der Waals surface area contributed by atoms with E-state index in [1.165, 1.54) is 6.42 Å². The van der Waals surface area contributed by atoms with Gasteiger partial charge < -0.3 is 16.0 Å². The van der Waals surface area contributed by atoms with Crippen LogP contribution in [0.1, 0.15) is 51.6 Å². The average Bonchev–Trinajstić information content (AvgIpc) is 2.41. The van der Waals surface area contributed by atoms with Crippen LogP contribution in [0.3, 0.4) is 0 Å². The smallest absolute Gasteiger partial charge is 0.315 e. The van der Waals surface area contributed by atoms with Gasteiger partial charge in [0.15, 0.2) is 0 Å². The molecular formula is C18H26BrN3O2. The molecule has 0 aromatic heterocycles. The normalized spacial score (nSPS) is 16.0. The molecule has 3 N–H and O–H groups in total. The number of carbonyl (C=O) groups is 2. The first kappa shape index (κ1) is 18.8. The fraction of sp³-hybridized carbons (Fsp3) is 0.556. The summed E-state index contributed by atoms with van der Waals surface area (Å²) in [6, 6.07) is 7.70. The number of amides is 3. The number of halogens is 1. The fourth-order valence-electron chi connectivity index (χ4n) is 2.73. The van der Waals surface area contributed by atoms with Crippen LogP contribution < -0.4 is 16.0 Å². The molecule has 0 saturated heterocycles. The van der Waals surface area contributed by atoms with Gasteiger partial charge in [0.2, 0.25) is 5.91 Å². The monoisotopic (exact) mass is 395 g/mol. The SMILES string of the molecule is CC(C)(C)NC(=O)CNC(=O)NC(c1ccc(Br)cc1)C1CCC1. The van der Waals surface area contributed by atoms with Crippen molar-refractivity contribution in [3.05, 3.63) is 34.3 Å². The van der Waals surface area contributed by atoms with Crippen molar-refractivity contribution in [1.82, 2.24) is 16.0 Å². The molecule has 0 radical (unpaired) electrons. The molecule has 5 nitrogen and oxygen atoms in total. The van der Waals surface area contributed by atoms with Crippen molar-refractivity contribution in [3.63, 3.8) is 0 Å². The summed E-state index contributed by atoms with van der Waals surface area (Å²) in [5.41, 5.74) is 0.790. The Kier molecular flexibility index (Phi) is 6.27. The lowest BCUT2D eigenvalue weighted by atomic mass is 9.77. The maximum absolute atomic E-state index is 12.2. The largest absolute Gasteiger partial charge is 0.350 e. The van der Waals surface area contributed by atoms with Crippen LogP contribution in [0.15, 0.2) is 28.7 Å². The highest BCUT2D eigenvalue weighted by Crippen LogP contribution is 2.37. The third kappa shape index (κ3) is 5.82. The van der Waals surface area contributed by atoms with Crippen LogP contribution in [-0.4, -0.2) is 24.0 Å². The molecule has 132 valence electrons. The Morgan fingerprint density at radius 1 is 1.21 bits per heavy atom. The first-order valence-electron chi connectivity index (χ1n) is 8.35. The zero-order valence-electron chi connectivity index (χ0n) is 14.5. The van der Waals surface area contributed by atoms with E-state index in [9.17, 15) is 9.59 Å². The highest BCUT2D eigenvalue weighted by Gasteiger charge is 2.29. The summed E-state index contributed by atoms with van der Waals surface area (Å²) < 4.78 is 1.02. The average molecular weight is 396 g/mol. The quantitative estimate of drug-likeness (QED) is 0.713. The Morgan fingerprint density at radius 2 is 1.83 bits per heavy atom. The number of carbonyl (C=O) groups excluding carboxylic acids is 2. The first-order valence-corrected chi connectivity index (χ1v) is 9.15. The van der Waals surface area contributed by atoms with Gasteiger partial charge >= 0.3 is 6.03 Å². The minimum atomic E-state index is -0.307. The summed E-state index contributed by atoms with van der Waals surface area (Å²) in [5, 5.41) is 8.50. The molecule has 6 heteroatoms. The van der Waals surface area contributed by atoms with E-state index in [0.717, 1.165) is 22.9 Å². The first-order chi connectivity index (χ1) is 11.2. The van der Waals surface area contributed by atoms with Gasteiger partial charge in [0.05, 0.1) is 12.6 Å². The number of hydrogen-bond donors (Lipinski definition) is 3. The number of rotatable bonds is 5. The van der Waals surface area contributed by atoms with Crippen molar-refractivity contribution < 1.29 is 9.59 Å². The van der Waals surface area contributed by atoms with Crippen molar-refractivity contribution in [3.8, 4) is 0 Å². The van der Waals surface area contributed by atoms with Gasteiger partial charge in [-0.2, -0.15) is 0 Å². The molecule has 0 spiro atoms. The Hall–Kier alpha value is -1.56. The molecule has 1 aromatic rings. The maximum atomic E-state index is 12.2. The Labute approximate surface area is 152 Å². The number of hydrogen-bond acceptors (Lipinski definition) is 2. The van der Waals surface area contributed by atoms with Gasteiger partial charge in [-0.25, -0.2) is 4.79 Å². The Balaban J connectivity index is 1.91. The molecule has 24 heavy (non-hydrogen) atoms. The maximum Gasteiger partial charge on any atom is 0.315 e. The van der Waals surface area contributed by atoms with E-state index in [2.05, 4.69) is 31.9 Å². The summed E-state index contributed by atoms with van der Waals surface area (Å²) in [6.45, 7) is 5.70. The van der Waals surface area contributed by atoms with E-state index in [-0.39, 0.29) is 30.1 Å². The minimum Gasteiger partial charge on any atom is -0.350 e. The van der Waals surface area contributed by atoms with E-state index >= 15 is 0 Å². The summed E-state index contributed by atoms with van der Waals surface area (Å²) >= 11 is 3.43. The Morgan fingerprint density at radius 3 is 2.33 bits per heavy atom. The Bertz CT molecular complexity index is 577. The van der Waals surface area contributed by atoms with Crippen LogP contribution in [0.4, 0.5) is 4.79 Å². The molecule has 1 aliphatic carbocycles.